The van der Waals surface area contributed by atoms with Gasteiger partial charge < -0.3 is 9.80 Å². The molecular formula is C14H14FN7. The Morgan fingerprint density at radius 2 is 1.73 bits per heavy atom. The molecule has 112 valence electrons. The lowest BCUT2D eigenvalue weighted by Crippen LogP contribution is -2.32. The molecule has 3 rings (SSSR count). The second-order valence-electron chi connectivity index (χ2n) is 4.92. The van der Waals surface area contributed by atoms with Gasteiger partial charge in [0, 0.05) is 26.2 Å². The van der Waals surface area contributed by atoms with Crippen LogP contribution in [-0.2, 0) is 0 Å². The normalized spacial score (nSPS) is 15.3. The fourth-order valence-electron chi connectivity index (χ4n) is 2.37. The molecule has 0 spiro atoms. The van der Waals surface area contributed by atoms with Crippen LogP contribution in [0.25, 0.3) is 0 Å². The van der Waals surface area contributed by atoms with Crippen molar-refractivity contribution in [2.45, 2.75) is 6.42 Å². The molecule has 2 aromatic rings. The van der Waals surface area contributed by atoms with Gasteiger partial charge in [0.15, 0.2) is 17.3 Å². The minimum Gasteiger partial charge on any atom is -0.353 e. The SMILES string of the molecule is N#Cc1ccc(N2CCCN(c3ncc(F)cn3)CC2)nn1. The van der Waals surface area contributed by atoms with E-state index < -0.39 is 5.82 Å². The van der Waals surface area contributed by atoms with Crippen LogP contribution in [0, 0.1) is 17.1 Å². The van der Waals surface area contributed by atoms with Gasteiger partial charge in [-0.2, -0.15) is 5.26 Å². The van der Waals surface area contributed by atoms with Gasteiger partial charge in [-0.15, -0.1) is 10.2 Å². The van der Waals surface area contributed by atoms with Gasteiger partial charge in [0.1, 0.15) is 6.07 Å². The number of halogens is 1. The monoisotopic (exact) mass is 299 g/mol. The highest BCUT2D eigenvalue weighted by Crippen LogP contribution is 2.15. The highest BCUT2D eigenvalue weighted by atomic mass is 19.1. The van der Waals surface area contributed by atoms with Crippen LogP contribution < -0.4 is 9.80 Å². The van der Waals surface area contributed by atoms with Gasteiger partial charge in [-0.1, -0.05) is 0 Å². The van der Waals surface area contributed by atoms with E-state index in [9.17, 15) is 4.39 Å². The molecule has 0 aliphatic carbocycles. The first kappa shape index (κ1) is 14.1. The highest BCUT2D eigenvalue weighted by Gasteiger charge is 2.18. The lowest BCUT2D eigenvalue weighted by atomic mass is 10.3. The van der Waals surface area contributed by atoms with Crippen molar-refractivity contribution in [3.05, 3.63) is 36.0 Å². The standard InChI is InChI=1S/C14H14FN7/c15-11-9-17-14(18-10-11)22-5-1-4-21(6-7-22)13-3-2-12(8-16)19-20-13/h2-3,9-10H,1,4-7H2. The summed E-state index contributed by atoms with van der Waals surface area (Å²) in [6.07, 6.45) is 3.26. The number of hydrogen-bond donors (Lipinski definition) is 0. The Balaban J connectivity index is 1.69. The molecule has 1 aliphatic rings. The molecule has 22 heavy (non-hydrogen) atoms. The summed E-state index contributed by atoms with van der Waals surface area (Å²) in [6, 6.07) is 5.42. The van der Waals surface area contributed by atoms with Crippen molar-refractivity contribution in [1.82, 2.24) is 20.2 Å². The van der Waals surface area contributed by atoms with Crippen molar-refractivity contribution >= 4 is 11.8 Å². The van der Waals surface area contributed by atoms with Crippen molar-refractivity contribution in [2.75, 3.05) is 36.0 Å². The molecule has 1 fully saturated rings. The molecule has 0 unspecified atom stereocenters. The molecule has 0 saturated carbocycles. The number of nitrogens with zero attached hydrogens (tertiary/aromatic N) is 7. The van der Waals surface area contributed by atoms with E-state index >= 15 is 0 Å². The predicted octanol–water partition coefficient (Wildman–Crippen LogP) is 0.994. The maximum atomic E-state index is 12.9. The van der Waals surface area contributed by atoms with E-state index in [1.165, 1.54) is 12.4 Å². The number of anilines is 2. The summed E-state index contributed by atoms with van der Waals surface area (Å²) >= 11 is 0. The van der Waals surface area contributed by atoms with Crippen LogP contribution in [0.2, 0.25) is 0 Å². The Hall–Kier alpha value is -2.82. The summed E-state index contributed by atoms with van der Waals surface area (Å²) < 4.78 is 12.9. The van der Waals surface area contributed by atoms with E-state index in [0.29, 0.717) is 18.2 Å². The molecule has 0 amide bonds. The zero-order chi connectivity index (χ0) is 15.4. The van der Waals surface area contributed by atoms with Crippen LogP contribution in [0.1, 0.15) is 12.1 Å². The van der Waals surface area contributed by atoms with Crippen LogP contribution in [0.4, 0.5) is 16.2 Å². The first-order valence-corrected chi connectivity index (χ1v) is 6.97. The van der Waals surface area contributed by atoms with Crippen LogP contribution in [0.15, 0.2) is 24.5 Å². The van der Waals surface area contributed by atoms with Gasteiger partial charge in [-0.05, 0) is 18.6 Å². The van der Waals surface area contributed by atoms with Crippen molar-refractivity contribution in [1.29, 1.82) is 5.26 Å². The van der Waals surface area contributed by atoms with E-state index in [-0.39, 0.29) is 0 Å². The Morgan fingerprint density at radius 1 is 1.00 bits per heavy atom. The largest absolute Gasteiger partial charge is 0.353 e. The molecule has 0 atom stereocenters. The van der Waals surface area contributed by atoms with Gasteiger partial charge in [0.05, 0.1) is 12.4 Å². The summed E-state index contributed by atoms with van der Waals surface area (Å²) in [5.41, 5.74) is 0.305. The van der Waals surface area contributed by atoms with Gasteiger partial charge in [0.2, 0.25) is 5.95 Å². The lowest BCUT2D eigenvalue weighted by molar-refractivity contribution is 0.611. The Bertz CT molecular complexity index is 665. The fourth-order valence-corrected chi connectivity index (χ4v) is 2.37. The van der Waals surface area contributed by atoms with Crippen molar-refractivity contribution in [2.24, 2.45) is 0 Å². The van der Waals surface area contributed by atoms with Gasteiger partial charge in [-0.3, -0.25) is 0 Å². The maximum absolute atomic E-state index is 12.9. The van der Waals surface area contributed by atoms with E-state index in [4.69, 9.17) is 5.26 Å². The number of hydrogen-bond acceptors (Lipinski definition) is 7. The summed E-state index contributed by atoms with van der Waals surface area (Å²) in [5, 5.41) is 16.7. The molecule has 3 heterocycles. The van der Waals surface area contributed by atoms with Gasteiger partial charge >= 0.3 is 0 Å². The Morgan fingerprint density at radius 3 is 2.41 bits per heavy atom. The average Bonchev–Trinajstić information content (AvgIpc) is 2.82. The topological polar surface area (TPSA) is 81.8 Å². The molecule has 0 aromatic carbocycles. The second-order valence-corrected chi connectivity index (χ2v) is 4.92. The van der Waals surface area contributed by atoms with E-state index in [1.807, 2.05) is 11.0 Å². The van der Waals surface area contributed by atoms with Crippen LogP contribution in [0.5, 0.6) is 0 Å². The summed E-state index contributed by atoms with van der Waals surface area (Å²) in [5.74, 6) is 0.850. The van der Waals surface area contributed by atoms with Crippen LogP contribution >= 0.6 is 0 Å². The third kappa shape index (κ3) is 3.09. The predicted molar refractivity (Wildman–Crippen MR) is 77.8 cm³/mol. The van der Waals surface area contributed by atoms with Gasteiger partial charge in [0.25, 0.3) is 0 Å². The summed E-state index contributed by atoms with van der Waals surface area (Å²) in [7, 11) is 0. The third-order valence-electron chi connectivity index (χ3n) is 3.47. The van der Waals surface area contributed by atoms with E-state index in [1.54, 1.807) is 12.1 Å². The first-order valence-electron chi connectivity index (χ1n) is 6.97. The zero-order valence-corrected chi connectivity index (χ0v) is 11.9. The molecule has 1 aliphatic heterocycles. The minimum atomic E-state index is -0.437. The molecule has 1 saturated heterocycles. The molecule has 0 bridgehead atoms. The maximum Gasteiger partial charge on any atom is 0.225 e. The summed E-state index contributed by atoms with van der Waals surface area (Å²) in [4.78, 5) is 12.2. The lowest BCUT2D eigenvalue weighted by Gasteiger charge is -2.22. The quantitative estimate of drug-likeness (QED) is 0.818. The first-order chi connectivity index (χ1) is 10.8. The van der Waals surface area contributed by atoms with Gasteiger partial charge in [-0.25, -0.2) is 14.4 Å². The summed E-state index contributed by atoms with van der Waals surface area (Å²) in [6.45, 7) is 3.08. The molecule has 0 radical (unpaired) electrons. The third-order valence-corrected chi connectivity index (χ3v) is 3.47. The van der Waals surface area contributed by atoms with Crippen LogP contribution in [-0.4, -0.2) is 46.3 Å². The number of rotatable bonds is 2. The second kappa shape index (κ2) is 6.30. The highest BCUT2D eigenvalue weighted by molar-refractivity contribution is 5.40. The molecular weight excluding hydrogens is 285 g/mol. The van der Waals surface area contributed by atoms with Crippen molar-refractivity contribution in [3.8, 4) is 6.07 Å². The molecule has 2 aromatic heterocycles. The smallest absolute Gasteiger partial charge is 0.225 e. The molecule has 0 N–H and O–H groups in total. The van der Waals surface area contributed by atoms with E-state index in [2.05, 4.69) is 25.1 Å². The average molecular weight is 299 g/mol. The zero-order valence-electron chi connectivity index (χ0n) is 11.9. The Labute approximate surface area is 127 Å². The minimum absolute atomic E-state index is 0.305. The van der Waals surface area contributed by atoms with Crippen LogP contribution in [0.3, 0.4) is 0 Å². The number of nitriles is 1. The van der Waals surface area contributed by atoms with E-state index in [0.717, 1.165) is 31.9 Å². The molecule has 7 nitrogen and oxygen atoms in total. The number of aromatic nitrogens is 4. The van der Waals surface area contributed by atoms with Crippen molar-refractivity contribution < 1.29 is 4.39 Å². The fraction of sp³-hybridized carbons (Fsp3) is 0.357. The van der Waals surface area contributed by atoms with Crippen molar-refractivity contribution in [3.63, 3.8) is 0 Å². The Kier molecular flexibility index (Phi) is 4.05. The molecule has 8 heteroatoms.